The molecule has 0 saturated carbocycles. The molecular weight excluding hydrogens is 226 g/mol. The lowest BCUT2D eigenvalue weighted by molar-refractivity contribution is 0.112. The van der Waals surface area contributed by atoms with Gasteiger partial charge < -0.3 is 9.64 Å². The summed E-state index contributed by atoms with van der Waals surface area (Å²) in [5, 5.41) is 0. The van der Waals surface area contributed by atoms with E-state index >= 15 is 0 Å². The molecule has 0 unspecified atom stereocenters. The van der Waals surface area contributed by atoms with Crippen LogP contribution in [0, 0.1) is 0 Å². The summed E-state index contributed by atoms with van der Waals surface area (Å²) in [4.78, 5) is 13.0. The normalized spacial score (nSPS) is 9.89. The van der Waals surface area contributed by atoms with Gasteiger partial charge in [0, 0.05) is 12.6 Å². The van der Waals surface area contributed by atoms with Crippen LogP contribution in [0.2, 0.25) is 0 Å². The van der Waals surface area contributed by atoms with Gasteiger partial charge in [0.1, 0.15) is 5.75 Å². The molecule has 3 heteroatoms. The second-order valence-electron chi connectivity index (χ2n) is 3.91. The van der Waals surface area contributed by atoms with E-state index in [4.69, 9.17) is 4.74 Å². The number of benzene rings is 2. The van der Waals surface area contributed by atoms with Crippen LogP contribution < -0.4 is 9.64 Å². The average molecular weight is 241 g/mol. The Morgan fingerprint density at radius 3 is 2.28 bits per heavy atom. The van der Waals surface area contributed by atoms with E-state index in [9.17, 15) is 4.79 Å². The molecule has 0 radical (unpaired) electrons. The van der Waals surface area contributed by atoms with Crippen molar-refractivity contribution in [3.05, 3.63) is 54.1 Å². The first-order valence-corrected chi connectivity index (χ1v) is 5.69. The van der Waals surface area contributed by atoms with Crippen LogP contribution in [-0.2, 0) is 0 Å². The SMILES string of the molecule is COc1ccccc1N(C)c1ccccc1C=O. The lowest BCUT2D eigenvalue weighted by Gasteiger charge is -2.23. The zero-order chi connectivity index (χ0) is 13.0. The van der Waals surface area contributed by atoms with E-state index in [1.807, 2.05) is 54.4 Å². The molecule has 0 amide bonds. The highest BCUT2D eigenvalue weighted by Crippen LogP contribution is 2.33. The fourth-order valence-electron chi connectivity index (χ4n) is 1.93. The minimum atomic E-state index is 0.658. The van der Waals surface area contributed by atoms with Gasteiger partial charge in [0.05, 0.1) is 18.5 Å². The van der Waals surface area contributed by atoms with Crippen LogP contribution in [0.25, 0.3) is 0 Å². The quantitative estimate of drug-likeness (QED) is 0.769. The maximum Gasteiger partial charge on any atom is 0.152 e. The van der Waals surface area contributed by atoms with E-state index in [1.165, 1.54) is 0 Å². The third-order valence-corrected chi connectivity index (χ3v) is 2.87. The maximum absolute atomic E-state index is 11.1. The van der Waals surface area contributed by atoms with E-state index in [-0.39, 0.29) is 0 Å². The van der Waals surface area contributed by atoms with E-state index < -0.39 is 0 Å². The van der Waals surface area contributed by atoms with E-state index in [0.29, 0.717) is 5.56 Å². The van der Waals surface area contributed by atoms with Crippen molar-refractivity contribution in [2.45, 2.75) is 0 Å². The highest BCUT2D eigenvalue weighted by atomic mass is 16.5. The van der Waals surface area contributed by atoms with Gasteiger partial charge in [-0.15, -0.1) is 0 Å². The van der Waals surface area contributed by atoms with Gasteiger partial charge in [-0.1, -0.05) is 24.3 Å². The van der Waals surface area contributed by atoms with Crippen molar-refractivity contribution in [3.63, 3.8) is 0 Å². The fraction of sp³-hybridized carbons (Fsp3) is 0.133. The highest BCUT2D eigenvalue weighted by molar-refractivity contribution is 5.87. The van der Waals surface area contributed by atoms with Gasteiger partial charge in [-0.05, 0) is 24.3 Å². The monoisotopic (exact) mass is 241 g/mol. The van der Waals surface area contributed by atoms with Gasteiger partial charge in [-0.3, -0.25) is 4.79 Å². The molecule has 0 aliphatic rings. The molecule has 3 nitrogen and oxygen atoms in total. The number of para-hydroxylation sites is 3. The van der Waals surface area contributed by atoms with Gasteiger partial charge in [0.25, 0.3) is 0 Å². The van der Waals surface area contributed by atoms with Crippen molar-refractivity contribution in [1.29, 1.82) is 0 Å². The van der Waals surface area contributed by atoms with Crippen LogP contribution >= 0.6 is 0 Å². The second-order valence-corrected chi connectivity index (χ2v) is 3.91. The predicted octanol–water partition coefficient (Wildman–Crippen LogP) is 3.28. The summed E-state index contributed by atoms with van der Waals surface area (Å²) in [6.45, 7) is 0. The number of hydrogen-bond donors (Lipinski definition) is 0. The summed E-state index contributed by atoms with van der Waals surface area (Å²) in [6.07, 6.45) is 0.862. The zero-order valence-corrected chi connectivity index (χ0v) is 10.5. The molecule has 0 bridgehead atoms. The van der Waals surface area contributed by atoms with E-state index in [0.717, 1.165) is 23.4 Å². The first kappa shape index (κ1) is 12.2. The summed E-state index contributed by atoms with van der Waals surface area (Å²) in [5.41, 5.74) is 2.44. The van der Waals surface area contributed by atoms with E-state index in [1.54, 1.807) is 13.2 Å². The Labute approximate surface area is 107 Å². The standard InChI is InChI=1S/C15H15NO2/c1-16(13-8-4-3-7-12(13)11-17)14-9-5-6-10-15(14)18-2/h3-11H,1-2H3. The largest absolute Gasteiger partial charge is 0.495 e. The molecule has 0 atom stereocenters. The molecule has 2 aromatic carbocycles. The minimum absolute atomic E-state index is 0.658. The molecule has 0 spiro atoms. The molecule has 0 aromatic heterocycles. The van der Waals surface area contributed by atoms with Crippen molar-refractivity contribution in [3.8, 4) is 5.75 Å². The van der Waals surface area contributed by atoms with Crippen molar-refractivity contribution >= 4 is 17.7 Å². The molecule has 0 saturated heterocycles. The van der Waals surface area contributed by atoms with Gasteiger partial charge in [0.2, 0.25) is 0 Å². The molecule has 0 aliphatic carbocycles. The zero-order valence-electron chi connectivity index (χ0n) is 10.5. The van der Waals surface area contributed by atoms with Crippen LogP contribution in [0.1, 0.15) is 10.4 Å². The lowest BCUT2D eigenvalue weighted by atomic mass is 10.1. The van der Waals surface area contributed by atoms with Crippen molar-refractivity contribution in [2.24, 2.45) is 0 Å². The van der Waals surface area contributed by atoms with Gasteiger partial charge >= 0.3 is 0 Å². The topological polar surface area (TPSA) is 29.5 Å². The molecule has 2 aromatic rings. The molecule has 0 heterocycles. The first-order chi connectivity index (χ1) is 8.77. The number of nitrogens with zero attached hydrogens (tertiary/aromatic N) is 1. The summed E-state index contributed by atoms with van der Waals surface area (Å²) in [6, 6.07) is 15.2. The Morgan fingerprint density at radius 2 is 1.61 bits per heavy atom. The Kier molecular flexibility index (Phi) is 3.63. The molecule has 92 valence electrons. The molecule has 2 rings (SSSR count). The maximum atomic E-state index is 11.1. The number of anilines is 2. The number of rotatable bonds is 4. The number of aldehydes is 1. The van der Waals surface area contributed by atoms with Gasteiger partial charge in [0.15, 0.2) is 6.29 Å². The summed E-state index contributed by atoms with van der Waals surface area (Å²) >= 11 is 0. The first-order valence-electron chi connectivity index (χ1n) is 5.69. The second kappa shape index (κ2) is 5.36. The number of ether oxygens (including phenoxy) is 1. The Hall–Kier alpha value is -2.29. The van der Waals surface area contributed by atoms with Crippen molar-refractivity contribution < 1.29 is 9.53 Å². The lowest BCUT2D eigenvalue weighted by Crippen LogP contribution is -2.12. The van der Waals surface area contributed by atoms with Crippen LogP contribution in [0.4, 0.5) is 11.4 Å². The summed E-state index contributed by atoms with van der Waals surface area (Å²) in [7, 11) is 3.55. The van der Waals surface area contributed by atoms with Crippen LogP contribution in [0.3, 0.4) is 0 Å². The van der Waals surface area contributed by atoms with Gasteiger partial charge in [-0.25, -0.2) is 0 Å². The number of hydrogen-bond acceptors (Lipinski definition) is 3. The Morgan fingerprint density at radius 1 is 1.00 bits per heavy atom. The molecule has 18 heavy (non-hydrogen) atoms. The molecule has 0 aliphatic heterocycles. The summed E-state index contributed by atoms with van der Waals surface area (Å²) < 4.78 is 5.33. The molecule has 0 fully saturated rings. The van der Waals surface area contributed by atoms with Crippen LogP contribution in [-0.4, -0.2) is 20.4 Å². The number of methoxy groups -OCH3 is 1. The third-order valence-electron chi connectivity index (χ3n) is 2.87. The average Bonchev–Trinajstić information content (AvgIpc) is 2.46. The van der Waals surface area contributed by atoms with Crippen LogP contribution in [0.5, 0.6) is 5.75 Å². The fourth-order valence-corrected chi connectivity index (χ4v) is 1.93. The number of carbonyl (C=O) groups is 1. The molecular formula is C15H15NO2. The van der Waals surface area contributed by atoms with Crippen LogP contribution in [0.15, 0.2) is 48.5 Å². The highest BCUT2D eigenvalue weighted by Gasteiger charge is 2.11. The number of carbonyl (C=O) groups excluding carboxylic acids is 1. The summed E-state index contributed by atoms with van der Waals surface area (Å²) in [5.74, 6) is 0.778. The smallest absolute Gasteiger partial charge is 0.152 e. The minimum Gasteiger partial charge on any atom is -0.495 e. The Bertz CT molecular complexity index is 552. The molecule has 0 N–H and O–H groups in total. The van der Waals surface area contributed by atoms with Gasteiger partial charge in [-0.2, -0.15) is 0 Å². The van der Waals surface area contributed by atoms with Crippen molar-refractivity contribution in [1.82, 2.24) is 0 Å². The van der Waals surface area contributed by atoms with E-state index in [2.05, 4.69) is 0 Å². The predicted molar refractivity (Wildman–Crippen MR) is 72.9 cm³/mol. The Balaban J connectivity index is 2.47. The van der Waals surface area contributed by atoms with Crippen molar-refractivity contribution in [2.75, 3.05) is 19.1 Å². The third kappa shape index (κ3) is 2.20.